The highest BCUT2D eigenvalue weighted by Gasteiger charge is 2.29. The molecule has 2 aromatic carbocycles. The second kappa shape index (κ2) is 9.90. The van der Waals surface area contributed by atoms with Gasteiger partial charge in [0, 0.05) is 23.2 Å². The van der Waals surface area contributed by atoms with E-state index in [0.29, 0.717) is 25.7 Å². The van der Waals surface area contributed by atoms with E-state index in [1.165, 1.54) is 0 Å². The van der Waals surface area contributed by atoms with Crippen molar-refractivity contribution in [1.82, 2.24) is 15.8 Å². The second-order valence-electron chi connectivity index (χ2n) is 8.66. The normalized spacial score (nSPS) is 20.9. The average molecular weight is 471 g/mol. The number of nitrogens with one attached hydrogen (secondary N) is 4. The molecule has 2 aromatic rings. The zero-order valence-corrected chi connectivity index (χ0v) is 19.6. The number of hydrazine groups is 2. The first-order chi connectivity index (χ1) is 15.8. The van der Waals surface area contributed by atoms with Crippen LogP contribution < -0.4 is 26.1 Å². The van der Waals surface area contributed by atoms with Gasteiger partial charge < -0.3 is 5.32 Å². The molecule has 33 heavy (non-hydrogen) atoms. The number of hydrazone groups is 1. The second-order valence-corrected chi connectivity index (χ2v) is 10.9. The van der Waals surface area contributed by atoms with Gasteiger partial charge in [0.25, 0.3) is 0 Å². The fourth-order valence-corrected chi connectivity index (χ4v) is 4.95. The lowest BCUT2D eigenvalue weighted by atomic mass is 9.86. The molecule has 9 nitrogen and oxygen atoms in total. The van der Waals surface area contributed by atoms with Crippen molar-refractivity contribution in [2.45, 2.75) is 50.8 Å². The monoisotopic (exact) mass is 470 g/mol. The third-order valence-corrected chi connectivity index (χ3v) is 7.91. The predicted octanol–water partition coefficient (Wildman–Crippen LogP) is 2.70. The molecule has 10 heteroatoms. The van der Waals surface area contributed by atoms with Gasteiger partial charge in [0.1, 0.15) is 0 Å². The molecule has 0 bridgehead atoms. The van der Waals surface area contributed by atoms with Gasteiger partial charge in [0.05, 0.1) is 10.9 Å². The van der Waals surface area contributed by atoms with Crippen LogP contribution in [0.2, 0.25) is 0 Å². The number of amidine groups is 1. The highest BCUT2D eigenvalue weighted by atomic mass is 32.2. The lowest BCUT2D eigenvalue weighted by Crippen LogP contribution is -2.42. The zero-order chi connectivity index (χ0) is 23.4. The largest absolute Gasteiger partial charge is 0.326 e. The van der Waals surface area contributed by atoms with E-state index in [4.69, 9.17) is 0 Å². The average Bonchev–Trinajstić information content (AvgIpc) is 3.30. The maximum atomic E-state index is 12.7. The Labute approximate surface area is 194 Å². The molecule has 4 N–H and O–H groups in total. The van der Waals surface area contributed by atoms with Crippen molar-refractivity contribution in [2.75, 3.05) is 10.3 Å². The van der Waals surface area contributed by atoms with Crippen LogP contribution in [0.3, 0.4) is 0 Å². The maximum Gasteiger partial charge on any atom is 0.227 e. The van der Waals surface area contributed by atoms with E-state index in [0.717, 1.165) is 22.8 Å². The summed E-state index contributed by atoms with van der Waals surface area (Å²) in [6.45, 7) is 3.33. The first-order valence-corrected chi connectivity index (χ1v) is 12.7. The molecule has 0 aromatic heterocycles. The minimum atomic E-state index is -3.29. The molecule has 0 saturated heterocycles. The number of nitrogens with zero attached hydrogens (tertiary/aromatic N) is 2. The summed E-state index contributed by atoms with van der Waals surface area (Å²) in [4.78, 5) is 12.7. The van der Waals surface area contributed by atoms with Gasteiger partial charge in [-0.1, -0.05) is 18.2 Å². The Morgan fingerprint density at radius 2 is 1.70 bits per heavy atom. The van der Waals surface area contributed by atoms with Crippen LogP contribution in [0, 0.1) is 5.92 Å². The van der Waals surface area contributed by atoms with Gasteiger partial charge in [-0.3, -0.25) is 4.79 Å². The van der Waals surface area contributed by atoms with Crippen molar-refractivity contribution < 1.29 is 13.2 Å². The standard InChI is InChI=1S/C23H30N6O3S/c1-16(2)33(31,32)26-20-14-10-18(11-15-20)23(30)24-19-12-8-17(9-13-19)22-25-27-28-29(22)21-6-4-3-5-7-21/h3-9,12-13,16,18,20,26-28H,10-11,14-15H2,1-2H3,(H,24,30). The van der Waals surface area contributed by atoms with Gasteiger partial charge in [-0.05, 0) is 75.9 Å². The minimum absolute atomic E-state index is 0.0274. The number of rotatable bonds is 7. The quantitative estimate of drug-likeness (QED) is 0.495. The molecule has 1 amide bonds. The number of anilines is 2. The SMILES string of the molecule is CC(C)S(=O)(=O)NC1CCC(C(=O)Nc2ccc(C3=NNNN3c3ccccc3)cc2)CC1. The lowest BCUT2D eigenvalue weighted by Gasteiger charge is -2.28. The molecular weight excluding hydrogens is 440 g/mol. The molecule has 0 radical (unpaired) electrons. The van der Waals surface area contributed by atoms with Crippen molar-refractivity contribution >= 4 is 33.1 Å². The molecule has 2 aliphatic rings. The van der Waals surface area contributed by atoms with Crippen LogP contribution in [-0.4, -0.2) is 31.5 Å². The number of carbonyl (C=O) groups excluding carboxylic acids is 1. The summed E-state index contributed by atoms with van der Waals surface area (Å²) in [5.41, 5.74) is 8.35. The van der Waals surface area contributed by atoms with Crippen LogP contribution in [0.25, 0.3) is 0 Å². The Hall–Kier alpha value is -2.95. The molecule has 1 aliphatic heterocycles. The van der Waals surface area contributed by atoms with E-state index < -0.39 is 15.3 Å². The third-order valence-electron chi connectivity index (χ3n) is 6.01. The summed E-state index contributed by atoms with van der Waals surface area (Å²) in [6, 6.07) is 17.3. The smallest absolute Gasteiger partial charge is 0.227 e. The Kier molecular flexibility index (Phi) is 6.96. The molecule has 1 fully saturated rings. The van der Waals surface area contributed by atoms with Crippen LogP contribution in [0.15, 0.2) is 59.7 Å². The van der Waals surface area contributed by atoms with Crippen molar-refractivity contribution in [1.29, 1.82) is 0 Å². The Bertz CT molecular complexity index is 1090. The fraction of sp³-hybridized carbons (Fsp3) is 0.391. The molecule has 0 spiro atoms. The van der Waals surface area contributed by atoms with E-state index in [9.17, 15) is 13.2 Å². The van der Waals surface area contributed by atoms with E-state index in [2.05, 4.69) is 26.2 Å². The number of carbonyl (C=O) groups is 1. The van der Waals surface area contributed by atoms with E-state index in [1.807, 2.05) is 59.6 Å². The molecule has 4 rings (SSSR count). The summed E-state index contributed by atoms with van der Waals surface area (Å²) >= 11 is 0. The number of amides is 1. The van der Waals surface area contributed by atoms with Crippen molar-refractivity contribution in [3.63, 3.8) is 0 Å². The Balaban J connectivity index is 1.32. The van der Waals surface area contributed by atoms with Gasteiger partial charge in [-0.25, -0.2) is 23.7 Å². The number of para-hydroxylation sites is 1. The van der Waals surface area contributed by atoms with Gasteiger partial charge in [0.2, 0.25) is 15.9 Å². The Morgan fingerprint density at radius 1 is 1.03 bits per heavy atom. The number of benzene rings is 2. The summed E-state index contributed by atoms with van der Waals surface area (Å²) in [5.74, 6) is 0.576. The third kappa shape index (κ3) is 5.52. The highest BCUT2D eigenvalue weighted by molar-refractivity contribution is 7.90. The van der Waals surface area contributed by atoms with Crippen molar-refractivity contribution in [3.05, 3.63) is 60.2 Å². The first-order valence-electron chi connectivity index (χ1n) is 11.2. The Morgan fingerprint density at radius 3 is 2.33 bits per heavy atom. The van der Waals surface area contributed by atoms with Gasteiger partial charge in [-0.2, -0.15) is 0 Å². The summed E-state index contributed by atoms with van der Waals surface area (Å²) in [6.07, 6.45) is 2.65. The number of hydrogen-bond acceptors (Lipinski definition) is 7. The molecule has 0 atom stereocenters. The predicted molar refractivity (Wildman–Crippen MR) is 130 cm³/mol. The molecule has 1 saturated carbocycles. The van der Waals surface area contributed by atoms with Crippen LogP contribution >= 0.6 is 0 Å². The van der Waals surface area contributed by atoms with Crippen LogP contribution in [0.4, 0.5) is 11.4 Å². The summed E-state index contributed by atoms with van der Waals surface area (Å²) < 4.78 is 26.9. The van der Waals surface area contributed by atoms with E-state index in [-0.39, 0.29) is 17.9 Å². The fourth-order valence-electron chi connectivity index (χ4n) is 3.98. The van der Waals surface area contributed by atoms with E-state index >= 15 is 0 Å². The minimum Gasteiger partial charge on any atom is -0.326 e. The van der Waals surface area contributed by atoms with Crippen molar-refractivity contribution in [3.8, 4) is 0 Å². The molecule has 1 heterocycles. The van der Waals surface area contributed by atoms with Crippen LogP contribution in [-0.2, 0) is 14.8 Å². The summed E-state index contributed by atoms with van der Waals surface area (Å²) in [7, 11) is -3.29. The van der Waals surface area contributed by atoms with Gasteiger partial charge in [0.15, 0.2) is 5.84 Å². The molecular formula is C23H30N6O3S. The topological polar surface area (TPSA) is 115 Å². The summed E-state index contributed by atoms with van der Waals surface area (Å²) in [5, 5.41) is 8.70. The highest BCUT2D eigenvalue weighted by Crippen LogP contribution is 2.27. The first kappa shape index (κ1) is 23.2. The molecule has 176 valence electrons. The van der Waals surface area contributed by atoms with Gasteiger partial charge >= 0.3 is 0 Å². The lowest BCUT2D eigenvalue weighted by molar-refractivity contribution is -0.120. The molecule has 1 aliphatic carbocycles. The van der Waals surface area contributed by atoms with E-state index in [1.54, 1.807) is 13.8 Å². The van der Waals surface area contributed by atoms with Crippen molar-refractivity contribution in [2.24, 2.45) is 11.0 Å². The molecule has 0 unspecified atom stereocenters. The van der Waals surface area contributed by atoms with Gasteiger partial charge in [-0.15, -0.1) is 10.6 Å². The maximum absolute atomic E-state index is 12.7. The number of hydrogen-bond donors (Lipinski definition) is 4. The number of sulfonamides is 1. The zero-order valence-electron chi connectivity index (χ0n) is 18.8. The van der Waals surface area contributed by atoms with Crippen LogP contribution in [0.5, 0.6) is 0 Å². The van der Waals surface area contributed by atoms with Crippen LogP contribution in [0.1, 0.15) is 45.1 Å².